The fraction of sp³-hybridized carbons (Fsp3) is 0.375. The lowest BCUT2D eigenvalue weighted by Crippen LogP contribution is -2.30. The Labute approximate surface area is 131 Å². The van der Waals surface area contributed by atoms with E-state index in [0.29, 0.717) is 12.3 Å². The highest BCUT2D eigenvalue weighted by molar-refractivity contribution is 7.92. The normalized spacial score (nSPS) is 19.0. The third-order valence-corrected chi connectivity index (χ3v) is 5.06. The van der Waals surface area contributed by atoms with Gasteiger partial charge in [0.15, 0.2) is 0 Å². The first-order chi connectivity index (χ1) is 10.6. The molecule has 0 bridgehead atoms. The molecule has 1 aliphatic rings. The lowest BCUT2D eigenvalue weighted by molar-refractivity contribution is 0.0306. The van der Waals surface area contributed by atoms with Gasteiger partial charge in [-0.3, -0.25) is 4.72 Å². The van der Waals surface area contributed by atoms with Crippen LogP contribution >= 0.6 is 0 Å². The molecule has 1 aliphatic heterocycles. The van der Waals surface area contributed by atoms with Crippen LogP contribution in [0.25, 0.3) is 5.69 Å². The van der Waals surface area contributed by atoms with E-state index in [4.69, 9.17) is 4.74 Å². The van der Waals surface area contributed by atoms with E-state index in [1.807, 2.05) is 47.3 Å². The smallest absolute Gasteiger partial charge is 0.235 e. The summed E-state index contributed by atoms with van der Waals surface area (Å²) in [6.07, 6.45) is 6.50. The summed E-state index contributed by atoms with van der Waals surface area (Å²) >= 11 is 0. The lowest BCUT2D eigenvalue weighted by Gasteiger charge is -2.22. The minimum Gasteiger partial charge on any atom is -0.377 e. The summed E-state index contributed by atoms with van der Waals surface area (Å²) in [5, 5.41) is 0. The molecule has 0 saturated carbocycles. The highest BCUT2D eigenvalue weighted by atomic mass is 32.2. The van der Waals surface area contributed by atoms with E-state index in [9.17, 15) is 8.42 Å². The summed E-state index contributed by atoms with van der Waals surface area (Å²) in [5.41, 5.74) is 1.49. The van der Waals surface area contributed by atoms with Gasteiger partial charge in [0.25, 0.3) is 0 Å². The standard InChI is InChI=1S/C16H20N2O3S/c19-22(20,13-16-8-1-4-11-21-16)17-14-6-5-7-15(12-14)18-9-2-3-10-18/h2-3,5-7,9-10,12,16-17H,1,4,8,11,13H2. The number of ether oxygens (including phenoxy) is 1. The first-order valence-electron chi connectivity index (χ1n) is 7.48. The predicted octanol–water partition coefficient (Wildman–Crippen LogP) is 2.79. The van der Waals surface area contributed by atoms with Crippen LogP contribution in [0.4, 0.5) is 5.69 Å². The molecule has 2 heterocycles. The SMILES string of the molecule is O=S(=O)(CC1CCCCO1)Nc1cccc(-n2cccc2)c1. The molecular formula is C16H20N2O3S. The molecule has 1 atom stereocenters. The molecule has 22 heavy (non-hydrogen) atoms. The second kappa shape index (κ2) is 6.54. The van der Waals surface area contributed by atoms with Gasteiger partial charge in [-0.2, -0.15) is 0 Å². The van der Waals surface area contributed by atoms with Crippen molar-refractivity contribution in [3.8, 4) is 5.69 Å². The number of aromatic nitrogens is 1. The summed E-state index contributed by atoms with van der Waals surface area (Å²) in [6.45, 7) is 0.656. The van der Waals surface area contributed by atoms with Crippen molar-refractivity contribution in [1.29, 1.82) is 0 Å². The van der Waals surface area contributed by atoms with Crippen LogP contribution in [0.15, 0.2) is 48.8 Å². The number of nitrogens with zero attached hydrogens (tertiary/aromatic N) is 1. The van der Waals surface area contributed by atoms with Gasteiger partial charge in [-0.1, -0.05) is 6.07 Å². The average Bonchev–Trinajstić information content (AvgIpc) is 3.02. The predicted molar refractivity (Wildman–Crippen MR) is 86.8 cm³/mol. The minimum absolute atomic E-state index is 0.0146. The van der Waals surface area contributed by atoms with Crippen molar-refractivity contribution in [3.63, 3.8) is 0 Å². The van der Waals surface area contributed by atoms with E-state index in [0.717, 1.165) is 24.9 Å². The van der Waals surface area contributed by atoms with Gasteiger partial charge in [0.2, 0.25) is 10.0 Å². The maximum Gasteiger partial charge on any atom is 0.235 e. The maximum atomic E-state index is 12.3. The van der Waals surface area contributed by atoms with Gasteiger partial charge < -0.3 is 9.30 Å². The van der Waals surface area contributed by atoms with Crippen molar-refractivity contribution in [2.45, 2.75) is 25.4 Å². The van der Waals surface area contributed by atoms with Gasteiger partial charge in [0.1, 0.15) is 0 Å². The zero-order chi connectivity index (χ0) is 15.4. The van der Waals surface area contributed by atoms with E-state index in [1.165, 1.54) is 0 Å². The molecule has 1 saturated heterocycles. The Bertz CT molecular complexity index is 705. The van der Waals surface area contributed by atoms with Crippen LogP contribution in [-0.2, 0) is 14.8 Å². The third-order valence-electron chi connectivity index (χ3n) is 3.70. The molecule has 118 valence electrons. The van der Waals surface area contributed by atoms with Crippen LogP contribution in [0.5, 0.6) is 0 Å². The van der Waals surface area contributed by atoms with Crippen LogP contribution in [0.2, 0.25) is 0 Å². The molecule has 0 aliphatic carbocycles. The number of rotatable bonds is 5. The van der Waals surface area contributed by atoms with E-state index in [1.54, 1.807) is 6.07 Å². The molecule has 1 fully saturated rings. The zero-order valence-corrected chi connectivity index (χ0v) is 13.1. The maximum absolute atomic E-state index is 12.3. The number of hydrogen-bond donors (Lipinski definition) is 1. The molecule has 3 rings (SSSR count). The summed E-state index contributed by atoms with van der Waals surface area (Å²) in [5.74, 6) is 0.0146. The topological polar surface area (TPSA) is 60.3 Å². The molecule has 0 radical (unpaired) electrons. The number of nitrogens with one attached hydrogen (secondary N) is 1. The number of hydrogen-bond acceptors (Lipinski definition) is 3. The molecule has 1 aromatic heterocycles. The average molecular weight is 320 g/mol. The molecule has 2 aromatic rings. The first kappa shape index (κ1) is 15.1. The molecule has 1 aromatic carbocycles. The van der Waals surface area contributed by atoms with E-state index < -0.39 is 10.0 Å². The van der Waals surface area contributed by atoms with Crippen LogP contribution in [0.3, 0.4) is 0 Å². The van der Waals surface area contributed by atoms with Crippen molar-refractivity contribution in [2.75, 3.05) is 17.1 Å². The molecule has 0 spiro atoms. The second-order valence-corrected chi connectivity index (χ2v) is 7.28. The largest absolute Gasteiger partial charge is 0.377 e. The molecule has 6 heteroatoms. The Morgan fingerprint density at radius 2 is 2.00 bits per heavy atom. The van der Waals surface area contributed by atoms with Gasteiger partial charge in [-0.25, -0.2) is 8.42 Å². The zero-order valence-electron chi connectivity index (χ0n) is 12.3. The van der Waals surface area contributed by atoms with Crippen LogP contribution in [0, 0.1) is 0 Å². The van der Waals surface area contributed by atoms with Crippen molar-refractivity contribution in [1.82, 2.24) is 4.57 Å². The number of anilines is 1. The first-order valence-corrected chi connectivity index (χ1v) is 9.13. The van der Waals surface area contributed by atoms with Crippen LogP contribution < -0.4 is 4.72 Å². The quantitative estimate of drug-likeness (QED) is 0.921. The summed E-state index contributed by atoms with van der Waals surface area (Å²) in [4.78, 5) is 0. The van der Waals surface area contributed by atoms with E-state index >= 15 is 0 Å². The molecule has 5 nitrogen and oxygen atoms in total. The monoisotopic (exact) mass is 320 g/mol. The fourth-order valence-corrected chi connectivity index (χ4v) is 3.96. The van der Waals surface area contributed by atoms with Crippen LogP contribution in [0.1, 0.15) is 19.3 Å². The molecule has 1 unspecified atom stereocenters. The number of benzene rings is 1. The Hall–Kier alpha value is -1.79. The van der Waals surface area contributed by atoms with E-state index in [-0.39, 0.29) is 11.9 Å². The van der Waals surface area contributed by atoms with Gasteiger partial charge >= 0.3 is 0 Å². The van der Waals surface area contributed by atoms with Gasteiger partial charge in [0.05, 0.1) is 17.5 Å². The molecule has 1 N–H and O–H groups in total. The highest BCUT2D eigenvalue weighted by Gasteiger charge is 2.22. The lowest BCUT2D eigenvalue weighted by atomic mass is 10.1. The fourth-order valence-electron chi connectivity index (χ4n) is 2.64. The second-order valence-electron chi connectivity index (χ2n) is 5.51. The third kappa shape index (κ3) is 3.90. The van der Waals surface area contributed by atoms with Crippen molar-refractivity contribution in [2.24, 2.45) is 0 Å². The minimum atomic E-state index is -3.40. The van der Waals surface area contributed by atoms with Gasteiger partial charge in [-0.05, 0) is 49.6 Å². The van der Waals surface area contributed by atoms with Crippen molar-refractivity contribution >= 4 is 15.7 Å². The van der Waals surface area contributed by atoms with Crippen LogP contribution in [-0.4, -0.2) is 31.4 Å². The Kier molecular flexibility index (Phi) is 4.49. The Morgan fingerprint density at radius 3 is 2.73 bits per heavy atom. The molecule has 0 amide bonds. The van der Waals surface area contributed by atoms with Gasteiger partial charge in [-0.15, -0.1) is 0 Å². The summed E-state index contributed by atoms with van der Waals surface area (Å²) in [6, 6.07) is 11.2. The van der Waals surface area contributed by atoms with Crippen molar-refractivity contribution in [3.05, 3.63) is 48.8 Å². The Balaban J connectivity index is 1.70. The summed E-state index contributed by atoms with van der Waals surface area (Å²) in [7, 11) is -3.40. The van der Waals surface area contributed by atoms with E-state index in [2.05, 4.69) is 4.72 Å². The number of sulfonamides is 1. The Morgan fingerprint density at radius 1 is 1.18 bits per heavy atom. The summed E-state index contributed by atoms with van der Waals surface area (Å²) < 4.78 is 34.6. The highest BCUT2D eigenvalue weighted by Crippen LogP contribution is 2.19. The molecular weight excluding hydrogens is 300 g/mol. The van der Waals surface area contributed by atoms with Gasteiger partial charge in [0, 0.05) is 24.7 Å². The van der Waals surface area contributed by atoms with Crippen molar-refractivity contribution < 1.29 is 13.2 Å².